The molecule has 0 aromatic carbocycles. The Kier molecular flexibility index (Phi) is 3.15. The first kappa shape index (κ1) is 11.5. The molecule has 0 aliphatic heterocycles. The van der Waals surface area contributed by atoms with E-state index >= 15 is 0 Å². The molecule has 0 bridgehead atoms. The molecule has 1 N–H and O–H groups in total. The predicted octanol–water partition coefficient (Wildman–Crippen LogP) is 2.16. The van der Waals surface area contributed by atoms with Crippen LogP contribution < -0.4 is 5.32 Å². The number of hydrogen-bond acceptors (Lipinski definition) is 4. The van der Waals surface area contributed by atoms with Crippen molar-refractivity contribution in [2.45, 2.75) is 25.8 Å². The third kappa shape index (κ3) is 2.31. The third-order valence-electron chi connectivity index (χ3n) is 3.27. The van der Waals surface area contributed by atoms with Crippen LogP contribution >= 0.6 is 11.3 Å². The van der Waals surface area contributed by atoms with Crippen LogP contribution in [-0.2, 0) is 24.2 Å². The van der Waals surface area contributed by atoms with Crippen LogP contribution in [0.15, 0.2) is 28.3 Å². The SMILES string of the molecule is O=C(NCc1ccco1)C1CCc2ncsc2C1. The van der Waals surface area contributed by atoms with Crippen molar-refractivity contribution in [3.8, 4) is 0 Å². The average Bonchev–Trinajstić information content (AvgIpc) is 3.05. The highest BCUT2D eigenvalue weighted by atomic mass is 32.1. The van der Waals surface area contributed by atoms with Gasteiger partial charge in [0, 0.05) is 10.8 Å². The number of furan rings is 1. The van der Waals surface area contributed by atoms with Crippen LogP contribution in [0, 0.1) is 5.92 Å². The van der Waals surface area contributed by atoms with E-state index in [-0.39, 0.29) is 11.8 Å². The van der Waals surface area contributed by atoms with Gasteiger partial charge in [-0.3, -0.25) is 4.79 Å². The van der Waals surface area contributed by atoms with Crippen molar-refractivity contribution in [1.29, 1.82) is 0 Å². The number of rotatable bonds is 3. The van der Waals surface area contributed by atoms with Gasteiger partial charge in [-0.2, -0.15) is 0 Å². The molecule has 1 aliphatic carbocycles. The molecule has 0 fully saturated rings. The summed E-state index contributed by atoms with van der Waals surface area (Å²) in [6.07, 6.45) is 4.24. The molecule has 0 saturated heterocycles. The van der Waals surface area contributed by atoms with Crippen molar-refractivity contribution in [2.24, 2.45) is 5.92 Å². The lowest BCUT2D eigenvalue weighted by molar-refractivity contribution is -0.125. The number of nitrogens with zero attached hydrogens (tertiary/aromatic N) is 1. The Labute approximate surface area is 109 Å². The van der Waals surface area contributed by atoms with Gasteiger partial charge in [0.25, 0.3) is 0 Å². The van der Waals surface area contributed by atoms with Crippen LogP contribution in [0.4, 0.5) is 0 Å². The van der Waals surface area contributed by atoms with Crippen molar-refractivity contribution in [1.82, 2.24) is 10.3 Å². The number of thiazole rings is 1. The Balaban J connectivity index is 1.57. The molecule has 1 amide bonds. The van der Waals surface area contributed by atoms with Crippen molar-refractivity contribution < 1.29 is 9.21 Å². The molecule has 1 aliphatic rings. The van der Waals surface area contributed by atoms with Gasteiger partial charge in [-0.1, -0.05) is 0 Å². The lowest BCUT2D eigenvalue weighted by Crippen LogP contribution is -2.33. The fraction of sp³-hybridized carbons (Fsp3) is 0.385. The Hall–Kier alpha value is -1.62. The number of aryl methyl sites for hydroxylation is 1. The van der Waals surface area contributed by atoms with Crippen molar-refractivity contribution >= 4 is 17.2 Å². The fourth-order valence-corrected chi connectivity index (χ4v) is 3.15. The summed E-state index contributed by atoms with van der Waals surface area (Å²) in [5, 5.41) is 2.93. The molecule has 3 rings (SSSR count). The van der Waals surface area contributed by atoms with Gasteiger partial charge in [0.1, 0.15) is 5.76 Å². The molecule has 94 valence electrons. The molecule has 0 saturated carbocycles. The smallest absolute Gasteiger partial charge is 0.223 e. The average molecular weight is 262 g/mol. The van der Waals surface area contributed by atoms with Crippen LogP contribution in [0.5, 0.6) is 0 Å². The zero-order valence-corrected chi connectivity index (χ0v) is 10.7. The Morgan fingerprint density at radius 3 is 3.39 bits per heavy atom. The van der Waals surface area contributed by atoms with Gasteiger partial charge < -0.3 is 9.73 Å². The monoisotopic (exact) mass is 262 g/mol. The van der Waals surface area contributed by atoms with E-state index in [0.29, 0.717) is 6.54 Å². The zero-order valence-electron chi connectivity index (χ0n) is 9.89. The summed E-state index contributed by atoms with van der Waals surface area (Å²) in [6.45, 7) is 0.470. The summed E-state index contributed by atoms with van der Waals surface area (Å²) in [5.41, 5.74) is 3.04. The molecule has 0 spiro atoms. The second-order valence-corrected chi connectivity index (χ2v) is 5.40. The Morgan fingerprint density at radius 2 is 2.56 bits per heavy atom. The molecule has 2 heterocycles. The van der Waals surface area contributed by atoms with Crippen LogP contribution in [0.25, 0.3) is 0 Å². The number of aromatic nitrogens is 1. The minimum absolute atomic E-state index is 0.0768. The summed E-state index contributed by atoms with van der Waals surface area (Å²) < 4.78 is 5.19. The largest absolute Gasteiger partial charge is 0.467 e. The van der Waals surface area contributed by atoms with E-state index in [1.54, 1.807) is 17.6 Å². The van der Waals surface area contributed by atoms with E-state index in [0.717, 1.165) is 25.0 Å². The maximum Gasteiger partial charge on any atom is 0.223 e. The summed E-state index contributed by atoms with van der Waals surface area (Å²) in [7, 11) is 0. The molecule has 2 aromatic rings. The number of fused-ring (bicyclic) bond motifs is 1. The lowest BCUT2D eigenvalue weighted by Gasteiger charge is -2.20. The highest BCUT2D eigenvalue weighted by Gasteiger charge is 2.26. The lowest BCUT2D eigenvalue weighted by atomic mass is 9.90. The molecule has 0 radical (unpaired) electrons. The van der Waals surface area contributed by atoms with E-state index in [1.165, 1.54) is 10.6 Å². The fourth-order valence-electron chi connectivity index (χ4n) is 2.26. The standard InChI is InChI=1S/C13H14N2O2S/c16-13(14-7-10-2-1-5-17-10)9-3-4-11-12(6-9)18-8-15-11/h1-2,5,8-9H,3-4,6-7H2,(H,14,16). The van der Waals surface area contributed by atoms with E-state index in [2.05, 4.69) is 10.3 Å². The third-order valence-corrected chi connectivity index (χ3v) is 4.17. The molecule has 1 unspecified atom stereocenters. The zero-order chi connectivity index (χ0) is 12.4. The highest BCUT2D eigenvalue weighted by Crippen LogP contribution is 2.27. The van der Waals surface area contributed by atoms with Gasteiger partial charge in [0.05, 0.1) is 24.0 Å². The molecule has 18 heavy (non-hydrogen) atoms. The number of carbonyl (C=O) groups is 1. The van der Waals surface area contributed by atoms with Crippen LogP contribution in [-0.4, -0.2) is 10.9 Å². The molecule has 1 atom stereocenters. The molecule has 5 heteroatoms. The van der Waals surface area contributed by atoms with Gasteiger partial charge in [-0.15, -0.1) is 11.3 Å². The Morgan fingerprint density at radius 1 is 1.61 bits per heavy atom. The quantitative estimate of drug-likeness (QED) is 0.922. The number of nitrogens with one attached hydrogen (secondary N) is 1. The summed E-state index contributed by atoms with van der Waals surface area (Å²) >= 11 is 1.65. The van der Waals surface area contributed by atoms with Gasteiger partial charge >= 0.3 is 0 Å². The number of amides is 1. The molecule has 4 nitrogen and oxygen atoms in total. The van der Waals surface area contributed by atoms with Crippen molar-refractivity contribution in [3.63, 3.8) is 0 Å². The molecular weight excluding hydrogens is 248 g/mol. The Bertz CT molecular complexity index is 533. The first-order valence-electron chi connectivity index (χ1n) is 6.04. The van der Waals surface area contributed by atoms with Crippen LogP contribution in [0.2, 0.25) is 0 Å². The van der Waals surface area contributed by atoms with Crippen molar-refractivity contribution in [3.05, 3.63) is 40.2 Å². The van der Waals surface area contributed by atoms with Crippen LogP contribution in [0.1, 0.15) is 22.8 Å². The normalized spacial score (nSPS) is 18.3. The second-order valence-electron chi connectivity index (χ2n) is 4.46. The van der Waals surface area contributed by atoms with E-state index in [9.17, 15) is 4.79 Å². The minimum atomic E-state index is 0.0768. The topological polar surface area (TPSA) is 55.1 Å². The molecule has 2 aromatic heterocycles. The van der Waals surface area contributed by atoms with Gasteiger partial charge in [0.15, 0.2) is 0 Å². The highest BCUT2D eigenvalue weighted by molar-refractivity contribution is 7.09. The maximum absolute atomic E-state index is 12.1. The number of carbonyl (C=O) groups excluding carboxylic acids is 1. The van der Waals surface area contributed by atoms with Gasteiger partial charge in [0.2, 0.25) is 5.91 Å². The van der Waals surface area contributed by atoms with E-state index in [1.807, 2.05) is 17.6 Å². The predicted molar refractivity (Wildman–Crippen MR) is 68.2 cm³/mol. The number of hydrogen-bond donors (Lipinski definition) is 1. The summed E-state index contributed by atoms with van der Waals surface area (Å²) in [6, 6.07) is 3.69. The summed E-state index contributed by atoms with van der Waals surface area (Å²) in [4.78, 5) is 17.6. The first-order chi connectivity index (χ1) is 8.83. The maximum atomic E-state index is 12.1. The van der Waals surface area contributed by atoms with E-state index < -0.39 is 0 Å². The summed E-state index contributed by atoms with van der Waals surface area (Å²) in [5.74, 6) is 0.982. The molecular formula is C13H14N2O2S. The minimum Gasteiger partial charge on any atom is -0.467 e. The second kappa shape index (κ2) is 4.94. The van der Waals surface area contributed by atoms with E-state index in [4.69, 9.17) is 4.42 Å². The first-order valence-corrected chi connectivity index (χ1v) is 6.92. The van der Waals surface area contributed by atoms with Crippen LogP contribution in [0.3, 0.4) is 0 Å². The van der Waals surface area contributed by atoms with Crippen molar-refractivity contribution in [2.75, 3.05) is 0 Å². The van der Waals surface area contributed by atoms with Gasteiger partial charge in [-0.05, 0) is 31.4 Å². The van der Waals surface area contributed by atoms with Gasteiger partial charge in [-0.25, -0.2) is 4.98 Å².